The fourth-order valence-corrected chi connectivity index (χ4v) is 2.89. The number of carbonyl (C=O) groups is 2. The second-order valence-corrected chi connectivity index (χ2v) is 5.92. The molecule has 0 N–H and O–H groups in total. The normalized spacial score (nSPS) is 15.4. The van der Waals surface area contributed by atoms with Gasteiger partial charge in [0.15, 0.2) is 0 Å². The molecule has 1 aliphatic rings. The van der Waals surface area contributed by atoms with Gasteiger partial charge in [0.05, 0.1) is 19.0 Å². The summed E-state index contributed by atoms with van der Waals surface area (Å²) in [5, 5.41) is 8.85. The molecule has 0 unspecified atom stereocenters. The molecule has 1 fully saturated rings. The fraction of sp³-hybridized carbons (Fsp3) is 0.500. The summed E-state index contributed by atoms with van der Waals surface area (Å²) in [4.78, 5) is 29.8. The standard InChI is InChI=1S/C18H24N4O2/c1-16(23)21-11-6-10-20(13-14-21)15-18(24)22(12-5-9-19)17-7-3-2-4-8-17/h2-4,7-8H,5-6,10-15H2,1H3. The van der Waals surface area contributed by atoms with Crippen LogP contribution in [0.4, 0.5) is 5.69 Å². The van der Waals surface area contributed by atoms with Crippen LogP contribution in [0, 0.1) is 11.3 Å². The molecule has 0 spiro atoms. The van der Waals surface area contributed by atoms with E-state index in [1.165, 1.54) is 0 Å². The maximum atomic E-state index is 12.7. The van der Waals surface area contributed by atoms with E-state index in [1.54, 1.807) is 11.8 Å². The third-order valence-corrected chi connectivity index (χ3v) is 4.21. The molecule has 0 radical (unpaired) electrons. The van der Waals surface area contributed by atoms with Crippen LogP contribution in [0.1, 0.15) is 19.8 Å². The first-order valence-corrected chi connectivity index (χ1v) is 8.32. The Hall–Kier alpha value is -2.39. The van der Waals surface area contributed by atoms with Gasteiger partial charge in [-0.2, -0.15) is 5.26 Å². The van der Waals surface area contributed by atoms with Crippen molar-refractivity contribution in [2.75, 3.05) is 44.2 Å². The minimum atomic E-state index is -0.00674. The molecule has 0 aromatic heterocycles. The first kappa shape index (κ1) is 18.0. The molecule has 0 saturated carbocycles. The molecule has 6 heteroatoms. The lowest BCUT2D eigenvalue weighted by Gasteiger charge is -2.26. The Morgan fingerprint density at radius 1 is 1.17 bits per heavy atom. The third-order valence-electron chi connectivity index (χ3n) is 4.21. The molecule has 2 amide bonds. The Kier molecular flexibility index (Phi) is 6.76. The van der Waals surface area contributed by atoms with E-state index in [0.717, 1.165) is 25.2 Å². The molecule has 0 bridgehead atoms. The van der Waals surface area contributed by atoms with Crippen LogP contribution >= 0.6 is 0 Å². The van der Waals surface area contributed by atoms with E-state index in [2.05, 4.69) is 11.0 Å². The molecule has 1 saturated heterocycles. The minimum absolute atomic E-state index is 0.00674. The molecule has 0 atom stereocenters. The first-order valence-electron chi connectivity index (χ1n) is 8.32. The zero-order valence-electron chi connectivity index (χ0n) is 14.1. The summed E-state index contributed by atoms with van der Waals surface area (Å²) < 4.78 is 0. The van der Waals surface area contributed by atoms with Gasteiger partial charge in [-0.3, -0.25) is 14.5 Å². The summed E-state index contributed by atoms with van der Waals surface area (Å²) in [6.07, 6.45) is 1.18. The SMILES string of the molecule is CC(=O)N1CCCN(CC(=O)N(CCC#N)c2ccccc2)CC1. The summed E-state index contributed by atoms with van der Waals surface area (Å²) >= 11 is 0. The van der Waals surface area contributed by atoms with Gasteiger partial charge < -0.3 is 9.80 Å². The van der Waals surface area contributed by atoms with Crippen molar-refractivity contribution in [1.29, 1.82) is 5.26 Å². The molecule has 6 nitrogen and oxygen atoms in total. The van der Waals surface area contributed by atoms with E-state index < -0.39 is 0 Å². The summed E-state index contributed by atoms with van der Waals surface area (Å²) in [6, 6.07) is 11.6. The quantitative estimate of drug-likeness (QED) is 0.821. The first-order chi connectivity index (χ1) is 11.6. The highest BCUT2D eigenvalue weighted by Crippen LogP contribution is 2.15. The van der Waals surface area contributed by atoms with Crippen LogP contribution < -0.4 is 4.90 Å². The highest BCUT2D eigenvalue weighted by atomic mass is 16.2. The summed E-state index contributed by atoms with van der Waals surface area (Å²) in [5.74, 6) is 0.0795. The van der Waals surface area contributed by atoms with Gasteiger partial charge in [-0.15, -0.1) is 0 Å². The van der Waals surface area contributed by atoms with E-state index in [1.807, 2.05) is 35.2 Å². The summed E-state index contributed by atoms with van der Waals surface area (Å²) in [7, 11) is 0. The Labute approximate surface area is 143 Å². The van der Waals surface area contributed by atoms with Crippen LogP contribution in [-0.4, -0.2) is 60.9 Å². The van der Waals surface area contributed by atoms with Crippen molar-refractivity contribution in [1.82, 2.24) is 9.80 Å². The molecule has 1 heterocycles. The zero-order valence-corrected chi connectivity index (χ0v) is 14.1. The van der Waals surface area contributed by atoms with Crippen LogP contribution in [0.5, 0.6) is 0 Å². The van der Waals surface area contributed by atoms with Gasteiger partial charge >= 0.3 is 0 Å². The van der Waals surface area contributed by atoms with Crippen molar-refractivity contribution in [3.8, 4) is 6.07 Å². The largest absolute Gasteiger partial charge is 0.342 e. The molecule has 24 heavy (non-hydrogen) atoms. The van der Waals surface area contributed by atoms with Crippen molar-refractivity contribution in [3.05, 3.63) is 30.3 Å². The average Bonchev–Trinajstić information content (AvgIpc) is 2.82. The zero-order chi connectivity index (χ0) is 17.4. The number of hydrogen-bond donors (Lipinski definition) is 0. The van der Waals surface area contributed by atoms with Crippen LogP contribution in [0.3, 0.4) is 0 Å². The lowest BCUT2D eigenvalue weighted by molar-refractivity contribution is -0.128. The highest BCUT2D eigenvalue weighted by Gasteiger charge is 2.21. The van der Waals surface area contributed by atoms with Crippen molar-refractivity contribution in [2.24, 2.45) is 0 Å². The van der Waals surface area contributed by atoms with E-state index in [-0.39, 0.29) is 11.8 Å². The Bertz CT molecular complexity index is 597. The maximum absolute atomic E-state index is 12.7. The molecule has 1 aromatic rings. The molecular weight excluding hydrogens is 304 g/mol. The number of nitriles is 1. The molecule has 0 aliphatic carbocycles. The summed E-state index contributed by atoms with van der Waals surface area (Å²) in [5.41, 5.74) is 0.818. The molecule has 2 rings (SSSR count). The number of para-hydroxylation sites is 1. The predicted molar refractivity (Wildman–Crippen MR) is 92.3 cm³/mol. The van der Waals surface area contributed by atoms with Crippen LogP contribution in [0.25, 0.3) is 0 Å². The van der Waals surface area contributed by atoms with E-state index >= 15 is 0 Å². The van der Waals surface area contributed by atoms with Crippen molar-refractivity contribution >= 4 is 17.5 Å². The van der Waals surface area contributed by atoms with Crippen molar-refractivity contribution < 1.29 is 9.59 Å². The van der Waals surface area contributed by atoms with Crippen LogP contribution in [0.2, 0.25) is 0 Å². The number of rotatable bonds is 5. The number of carbonyl (C=O) groups excluding carboxylic acids is 2. The Balaban J connectivity index is 1.99. The predicted octanol–water partition coefficient (Wildman–Crippen LogP) is 1.49. The summed E-state index contributed by atoms with van der Waals surface area (Å²) in [6.45, 7) is 5.20. The van der Waals surface area contributed by atoms with E-state index in [0.29, 0.717) is 32.6 Å². The number of nitrogens with zero attached hydrogens (tertiary/aromatic N) is 4. The third kappa shape index (κ3) is 5.07. The fourth-order valence-electron chi connectivity index (χ4n) is 2.89. The van der Waals surface area contributed by atoms with Gasteiger partial charge in [-0.25, -0.2) is 0 Å². The molecular formula is C18H24N4O2. The number of amides is 2. The van der Waals surface area contributed by atoms with Gasteiger partial charge in [0, 0.05) is 45.3 Å². The number of benzene rings is 1. The van der Waals surface area contributed by atoms with Gasteiger partial charge in [0.2, 0.25) is 11.8 Å². The van der Waals surface area contributed by atoms with Crippen molar-refractivity contribution in [2.45, 2.75) is 19.8 Å². The maximum Gasteiger partial charge on any atom is 0.241 e. The van der Waals surface area contributed by atoms with Gasteiger partial charge in [0.1, 0.15) is 0 Å². The van der Waals surface area contributed by atoms with E-state index in [4.69, 9.17) is 5.26 Å². The second-order valence-electron chi connectivity index (χ2n) is 5.92. The molecule has 1 aromatic carbocycles. The smallest absolute Gasteiger partial charge is 0.241 e. The lowest BCUT2D eigenvalue weighted by atomic mass is 10.2. The molecule has 1 aliphatic heterocycles. The average molecular weight is 328 g/mol. The topological polar surface area (TPSA) is 67.7 Å². The molecule has 128 valence electrons. The van der Waals surface area contributed by atoms with Crippen molar-refractivity contribution in [3.63, 3.8) is 0 Å². The van der Waals surface area contributed by atoms with Gasteiger partial charge in [0.25, 0.3) is 0 Å². The number of hydrogen-bond acceptors (Lipinski definition) is 4. The number of anilines is 1. The minimum Gasteiger partial charge on any atom is -0.342 e. The van der Waals surface area contributed by atoms with Crippen LogP contribution in [0.15, 0.2) is 30.3 Å². The van der Waals surface area contributed by atoms with Crippen LogP contribution in [-0.2, 0) is 9.59 Å². The second kappa shape index (κ2) is 9.04. The Morgan fingerprint density at radius 3 is 2.58 bits per heavy atom. The lowest BCUT2D eigenvalue weighted by Crippen LogP contribution is -2.42. The Morgan fingerprint density at radius 2 is 1.92 bits per heavy atom. The monoisotopic (exact) mass is 328 g/mol. The van der Waals surface area contributed by atoms with E-state index in [9.17, 15) is 9.59 Å². The van der Waals surface area contributed by atoms with Gasteiger partial charge in [-0.1, -0.05) is 18.2 Å². The van der Waals surface area contributed by atoms with Gasteiger partial charge in [-0.05, 0) is 18.6 Å². The highest BCUT2D eigenvalue weighted by molar-refractivity contribution is 5.94.